The molecule has 1 aliphatic rings. The fraction of sp³-hybridized carbons (Fsp3) is 0.286. The van der Waals surface area contributed by atoms with E-state index in [9.17, 15) is 4.79 Å². The number of benzene rings is 2. The van der Waals surface area contributed by atoms with Crippen LogP contribution >= 0.6 is 11.8 Å². The first-order valence-electron chi connectivity index (χ1n) is 9.28. The van der Waals surface area contributed by atoms with Crippen molar-refractivity contribution in [3.63, 3.8) is 0 Å². The Bertz CT molecular complexity index is 988. The Morgan fingerprint density at radius 1 is 1.21 bits per heavy atom. The van der Waals surface area contributed by atoms with Gasteiger partial charge in [0.15, 0.2) is 5.16 Å². The predicted octanol–water partition coefficient (Wildman–Crippen LogP) is 3.74. The quantitative estimate of drug-likeness (QED) is 0.617. The number of amides is 1. The van der Waals surface area contributed by atoms with Crippen LogP contribution in [0.3, 0.4) is 0 Å². The molecule has 1 atom stereocenters. The van der Waals surface area contributed by atoms with Gasteiger partial charge < -0.3 is 9.64 Å². The summed E-state index contributed by atoms with van der Waals surface area (Å²) in [6, 6.07) is 15.8. The molecular formula is C21H22N4O2S. The summed E-state index contributed by atoms with van der Waals surface area (Å²) >= 11 is 1.42. The van der Waals surface area contributed by atoms with Crippen LogP contribution in [-0.4, -0.2) is 39.6 Å². The van der Waals surface area contributed by atoms with E-state index in [0.717, 1.165) is 36.5 Å². The van der Waals surface area contributed by atoms with Gasteiger partial charge in [0.2, 0.25) is 5.91 Å². The molecule has 1 amide bonds. The molecule has 0 unspecified atom stereocenters. The fourth-order valence-corrected chi connectivity index (χ4v) is 4.34. The van der Waals surface area contributed by atoms with Gasteiger partial charge in [-0.25, -0.2) is 0 Å². The van der Waals surface area contributed by atoms with Gasteiger partial charge in [-0.05, 0) is 43.5 Å². The maximum Gasteiger partial charge on any atom is 0.240 e. The number of aromatic nitrogens is 3. The maximum atomic E-state index is 13.2. The number of rotatable bonds is 5. The lowest BCUT2D eigenvalue weighted by Gasteiger charge is -2.31. The van der Waals surface area contributed by atoms with Crippen LogP contribution in [0.5, 0.6) is 5.75 Å². The molecule has 6 nitrogen and oxygen atoms in total. The molecular weight excluding hydrogens is 372 g/mol. The molecule has 0 N–H and O–H groups in total. The number of carbonyl (C=O) groups is 1. The molecule has 28 heavy (non-hydrogen) atoms. The van der Waals surface area contributed by atoms with Gasteiger partial charge >= 0.3 is 0 Å². The monoisotopic (exact) mass is 394 g/mol. The zero-order chi connectivity index (χ0) is 19.5. The van der Waals surface area contributed by atoms with E-state index in [-0.39, 0.29) is 11.2 Å². The average molecular weight is 395 g/mol. The Morgan fingerprint density at radius 3 is 2.93 bits per heavy atom. The van der Waals surface area contributed by atoms with E-state index in [0.29, 0.717) is 5.16 Å². The molecule has 2 heterocycles. The third kappa shape index (κ3) is 3.62. The van der Waals surface area contributed by atoms with E-state index in [1.165, 1.54) is 17.3 Å². The third-order valence-electron chi connectivity index (χ3n) is 4.85. The van der Waals surface area contributed by atoms with Crippen molar-refractivity contribution in [1.82, 2.24) is 14.8 Å². The Balaban J connectivity index is 1.54. The first-order chi connectivity index (χ1) is 13.7. The SMILES string of the molecule is COc1cccc(-n2cnnc2S[C@H](C)C(=O)N2CCCc3ccccc32)c1. The molecule has 4 rings (SSSR count). The molecule has 0 saturated carbocycles. The highest BCUT2D eigenvalue weighted by molar-refractivity contribution is 8.00. The van der Waals surface area contributed by atoms with Crippen molar-refractivity contribution >= 4 is 23.4 Å². The largest absolute Gasteiger partial charge is 0.497 e. The van der Waals surface area contributed by atoms with Gasteiger partial charge in [-0.3, -0.25) is 9.36 Å². The fourth-order valence-electron chi connectivity index (χ4n) is 3.43. The Morgan fingerprint density at radius 2 is 2.07 bits per heavy atom. The molecule has 0 bridgehead atoms. The number of thioether (sulfide) groups is 1. The summed E-state index contributed by atoms with van der Waals surface area (Å²) < 4.78 is 7.18. The van der Waals surface area contributed by atoms with Gasteiger partial charge in [0.05, 0.1) is 18.0 Å². The van der Waals surface area contributed by atoms with Crippen LogP contribution in [0.2, 0.25) is 0 Å². The molecule has 0 aliphatic carbocycles. The number of aryl methyl sites for hydroxylation is 1. The number of methoxy groups -OCH3 is 1. The van der Waals surface area contributed by atoms with E-state index >= 15 is 0 Å². The zero-order valence-corrected chi connectivity index (χ0v) is 16.7. The summed E-state index contributed by atoms with van der Waals surface area (Å²) in [5.74, 6) is 0.855. The van der Waals surface area contributed by atoms with Crippen molar-refractivity contribution in [2.45, 2.75) is 30.2 Å². The predicted molar refractivity (Wildman–Crippen MR) is 110 cm³/mol. The van der Waals surface area contributed by atoms with Crippen LogP contribution in [0.15, 0.2) is 60.0 Å². The molecule has 144 valence electrons. The topological polar surface area (TPSA) is 60.2 Å². The lowest BCUT2D eigenvalue weighted by Crippen LogP contribution is -2.40. The summed E-state index contributed by atoms with van der Waals surface area (Å²) in [7, 11) is 1.64. The van der Waals surface area contributed by atoms with E-state index < -0.39 is 0 Å². The van der Waals surface area contributed by atoms with Crippen molar-refractivity contribution in [2.24, 2.45) is 0 Å². The lowest BCUT2D eigenvalue weighted by molar-refractivity contribution is -0.117. The molecule has 0 saturated heterocycles. The van der Waals surface area contributed by atoms with Crippen molar-refractivity contribution in [3.8, 4) is 11.4 Å². The number of anilines is 1. The van der Waals surface area contributed by atoms with Crippen LogP contribution in [0.25, 0.3) is 5.69 Å². The zero-order valence-electron chi connectivity index (χ0n) is 15.9. The second-order valence-electron chi connectivity index (χ2n) is 6.67. The Kier molecular flexibility index (Phi) is 5.34. The number of para-hydroxylation sites is 1. The molecule has 3 aromatic rings. The molecule has 2 aromatic carbocycles. The van der Waals surface area contributed by atoms with Crippen molar-refractivity contribution in [1.29, 1.82) is 0 Å². The van der Waals surface area contributed by atoms with Gasteiger partial charge in [-0.2, -0.15) is 0 Å². The van der Waals surface area contributed by atoms with Crippen LogP contribution < -0.4 is 9.64 Å². The van der Waals surface area contributed by atoms with Crippen LogP contribution in [0.4, 0.5) is 5.69 Å². The van der Waals surface area contributed by atoms with E-state index in [1.54, 1.807) is 13.4 Å². The first-order valence-corrected chi connectivity index (χ1v) is 10.2. The summed E-state index contributed by atoms with van der Waals surface area (Å²) in [5, 5.41) is 8.67. The average Bonchev–Trinajstić information content (AvgIpc) is 3.21. The number of hydrogen-bond donors (Lipinski definition) is 0. The van der Waals surface area contributed by atoms with E-state index in [4.69, 9.17) is 4.74 Å². The van der Waals surface area contributed by atoms with Crippen molar-refractivity contribution in [2.75, 3.05) is 18.6 Å². The second-order valence-corrected chi connectivity index (χ2v) is 7.98. The summed E-state index contributed by atoms with van der Waals surface area (Å²) in [5.41, 5.74) is 3.16. The van der Waals surface area contributed by atoms with Gasteiger partial charge in [-0.1, -0.05) is 36.0 Å². The van der Waals surface area contributed by atoms with Gasteiger partial charge in [0.1, 0.15) is 12.1 Å². The summed E-state index contributed by atoms with van der Waals surface area (Å²) in [4.78, 5) is 15.1. The maximum absolute atomic E-state index is 13.2. The third-order valence-corrected chi connectivity index (χ3v) is 5.90. The number of ether oxygens (including phenoxy) is 1. The van der Waals surface area contributed by atoms with Crippen molar-refractivity contribution in [3.05, 3.63) is 60.4 Å². The van der Waals surface area contributed by atoms with Crippen LogP contribution in [0.1, 0.15) is 18.9 Å². The van der Waals surface area contributed by atoms with E-state index in [1.807, 2.05) is 58.9 Å². The highest BCUT2D eigenvalue weighted by Gasteiger charge is 2.27. The second kappa shape index (κ2) is 8.06. The smallest absolute Gasteiger partial charge is 0.240 e. The summed E-state index contributed by atoms with van der Waals surface area (Å²) in [6.07, 6.45) is 3.66. The molecule has 1 aromatic heterocycles. The van der Waals surface area contributed by atoms with Gasteiger partial charge in [-0.15, -0.1) is 10.2 Å². The minimum Gasteiger partial charge on any atom is -0.497 e. The van der Waals surface area contributed by atoms with E-state index in [2.05, 4.69) is 16.3 Å². The molecule has 7 heteroatoms. The molecule has 0 radical (unpaired) electrons. The summed E-state index contributed by atoms with van der Waals surface area (Å²) in [6.45, 7) is 2.68. The normalized spacial score (nSPS) is 14.4. The van der Waals surface area contributed by atoms with Crippen molar-refractivity contribution < 1.29 is 9.53 Å². The van der Waals surface area contributed by atoms with Crippen LogP contribution in [0, 0.1) is 0 Å². The number of hydrogen-bond acceptors (Lipinski definition) is 5. The highest BCUT2D eigenvalue weighted by atomic mass is 32.2. The minimum absolute atomic E-state index is 0.0948. The number of nitrogens with zero attached hydrogens (tertiary/aromatic N) is 4. The molecule has 0 fully saturated rings. The highest BCUT2D eigenvalue weighted by Crippen LogP contribution is 2.31. The first kappa shape index (κ1) is 18.6. The lowest BCUT2D eigenvalue weighted by atomic mass is 10.0. The van der Waals surface area contributed by atoms with Gasteiger partial charge in [0.25, 0.3) is 0 Å². The molecule has 0 spiro atoms. The Hall–Kier alpha value is -2.80. The van der Waals surface area contributed by atoms with Gasteiger partial charge in [0, 0.05) is 18.3 Å². The Labute approximate surface area is 168 Å². The molecule has 1 aliphatic heterocycles. The standard InChI is InChI=1S/C21H22N4O2S/c1-15(20(26)24-12-6-8-16-7-3-4-11-19(16)24)28-21-23-22-14-25(21)17-9-5-10-18(13-17)27-2/h3-5,7,9-11,13-15H,6,8,12H2,1-2H3/t15-/m1/s1. The van der Waals surface area contributed by atoms with Crippen LogP contribution in [-0.2, 0) is 11.2 Å². The number of fused-ring (bicyclic) bond motifs is 1. The minimum atomic E-state index is -0.278. The number of carbonyl (C=O) groups excluding carboxylic acids is 1.